The van der Waals surface area contributed by atoms with Crippen molar-refractivity contribution in [1.82, 2.24) is 10.2 Å². The zero-order valence-electron chi connectivity index (χ0n) is 13.2. The largest absolute Gasteiger partial charge is 0.373 e. The Labute approximate surface area is 131 Å². The van der Waals surface area contributed by atoms with Gasteiger partial charge in [0, 0.05) is 37.0 Å². The highest BCUT2D eigenvalue weighted by molar-refractivity contribution is 7.09. The highest BCUT2D eigenvalue weighted by atomic mass is 32.1. The molecule has 1 aliphatic heterocycles. The van der Waals surface area contributed by atoms with E-state index in [4.69, 9.17) is 4.74 Å². The maximum atomic E-state index is 11.9. The van der Waals surface area contributed by atoms with Gasteiger partial charge in [0.05, 0.1) is 12.2 Å². The third-order valence-corrected chi connectivity index (χ3v) is 4.78. The van der Waals surface area contributed by atoms with Gasteiger partial charge in [-0.3, -0.25) is 9.69 Å². The fraction of sp³-hybridized carbons (Fsp3) is 0.688. The van der Waals surface area contributed by atoms with Crippen LogP contribution in [0.2, 0.25) is 0 Å². The maximum absolute atomic E-state index is 11.9. The van der Waals surface area contributed by atoms with Gasteiger partial charge >= 0.3 is 0 Å². The zero-order valence-corrected chi connectivity index (χ0v) is 14.0. The quantitative estimate of drug-likeness (QED) is 0.876. The Kier molecular flexibility index (Phi) is 6.21. The summed E-state index contributed by atoms with van der Waals surface area (Å²) in [7, 11) is 0. The summed E-state index contributed by atoms with van der Waals surface area (Å²) in [6.45, 7) is 8.98. The molecular weight excluding hydrogens is 284 g/mol. The second kappa shape index (κ2) is 7.92. The van der Waals surface area contributed by atoms with Gasteiger partial charge in [-0.1, -0.05) is 6.07 Å². The van der Waals surface area contributed by atoms with Crippen molar-refractivity contribution in [2.75, 3.05) is 19.6 Å². The van der Waals surface area contributed by atoms with Crippen molar-refractivity contribution in [2.24, 2.45) is 0 Å². The highest BCUT2D eigenvalue weighted by Gasteiger charge is 2.25. The minimum Gasteiger partial charge on any atom is -0.373 e. The zero-order chi connectivity index (χ0) is 15.2. The van der Waals surface area contributed by atoms with E-state index >= 15 is 0 Å². The van der Waals surface area contributed by atoms with Crippen molar-refractivity contribution >= 4 is 17.2 Å². The predicted molar refractivity (Wildman–Crippen MR) is 86.7 cm³/mol. The number of hydrogen-bond acceptors (Lipinski definition) is 4. The Morgan fingerprint density at radius 2 is 2.19 bits per heavy atom. The number of hydrogen-bond donors (Lipinski definition) is 1. The van der Waals surface area contributed by atoms with Gasteiger partial charge in [0.1, 0.15) is 0 Å². The molecule has 0 aromatic carbocycles. The molecule has 0 spiro atoms. The molecule has 0 saturated carbocycles. The number of morpholine rings is 1. The van der Waals surface area contributed by atoms with Crippen molar-refractivity contribution in [3.8, 4) is 0 Å². The molecule has 1 aliphatic rings. The SMILES string of the molecule is C[C@@H]1CN([C@@H](C)CNC(=O)CCc2cccs2)C[C@@H](C)O1. The Morgan fingerprint density at radius 3 is 2.81 bits per heavy atom. The maximum Gasteiger partial charge on any atom is 0.220 e. The molecule has 1 aromatic heterocycles. The van der Waals surface area contributed by atoms with Crippen LogP contribution in [0.3, 0.4) is 0 Å². The molecule has 0 aliphatic carbocycles. The van der Waals surface area contributed by atoms with E-state index in [0.717, 1.165) is 19.5 Å². The lowest BCUT2D eigenvalue weighted by Gasteiger charge is -2.39. The van der Waals surface area contributed by atoms with Crippen LogP contribution in [0.4, 0.5) is 0 Å². The Balaban J connectivity index is 1.68. The molecule has 1 saturated heterocycles. The summed E-state index contributed by atoms with van der Waals surface area (Å²) in [6.07, 6.45) is 1.95. The van der Waals surface area contributed by atoms with Gasteiger partial charge < -0.3 is 10.1 Å². The first-order valence-electron chi connectivity index (χ1n) is 7.73. The molecule has 0 bridgehead atoms. The van der Waals surface area contributed by atoms with E-state index in [1.165, 1.54) is 4.88 Å². The molecule has 4 nitrogen and oxygen atoms in total. The number of aryl methyl sites for hydroxylation is 1. The molecule has 2 rings (SSSR count). The number of thiophene rings is 1. The van der Waals surface area contributed by atoms with Crippen LogP contribution in [0.25, 0.3) is 0 Å². The van der Waals surface area contributed by atoms with Gasteiger partial charge in [0.15, 0.2) is 0 Å². The summed E-state index contributed by atoms with van der Waals surface area (Å²) in [6, 6.07) is 4.46. The summed E-state index contributed by atoms with van der Waals surface area (Å²) in [5.41, 5.74) is 0. The Hall–Kier alpha value is -0.910. The van der Waals surface area contributed by atoms with E-state index in [9.17, 15) is 4.79 Å². The normalized spacial score (nSPS) is 24.7. The van der Waals surface area contributed by atoms with Gasteiger partial charge in [0.25, 0.3) is 0 Å². The number of rotatable bonds is 6. The smallest absolute Gasteiger partial charge is 0.220 e. The molecule has 118 valence electrons. The molecular formula is C16H26N2O2S. The third kappa shape index (κ3) is 5.41. The summed E-state index contributed by atoms with van der Waals surface area (Å²) in [4.78, 5) is 15.6. The van der Waals surface area contributed by atoms with E-state index in [1.807, 2.05) is 6.07 Å². The third-order valence-electron chi connectivity index (χ3n) is 3.84. The first-order valence-corrected chi connectivity index (χ1v) is 8.61. The molecule has 0 unspecified atom stereocenters. The second-order valence-corrected chi connectivity index (χ2v) is 6.98. The van der Waals surface area contributed by atoms with Crippen molar-refractivity contribution in [3.05, 3.63) is 22.4 Å². The summed E-state index contributed by atoms with van der Waals surface area (Å²) >= 11 is 1.71. The molecule has 1 N–H and O–H groups in total. The van der Waals surface area contributed by atoms with Crippen LogP contribution in [0, 0.1) is 0 Å². The minimum atomic E-state index is 0.143. The molecule has 1 aromatic rings. The van der Waals surface area contributed by atoms with E-state index in [-0.39, 0.29) is 18.1 Å². The number of nitrogens with one attached hydrogen (secondary N) is 1. The van der Waals surface area contributed by atoms with Crippen molar-refractivity contribution in [3.63, 3.8) is 0 Å². The fourth-order valence-corrected chi connectivity index (χ4v) is 3.46. The molecule has 21 heavy (non-hydrogen) atoms. The van der Waals surface area contributed by atoms with Crippen LogP contribution in [-0.2, 0) is 16.0 Å². The van der Waals surface area contributed by atoms with E-state index in [2.05, 4.69) is 42.4 Å². The first kappa shape index (κ1) is 16.5. The van der Waals surface area contributed by atoms with Crippen LogP contribution in [0.15, 0.2) is 17.5 Å². The Bertz CT molecular complexity index is 425. The summed E-state index contributed by atoms with van der Waals surface area (Å²) in [5, 5.41) is 5.11. The van der Waals surface area contributed by atoms with E-state index < -0.39 is 0 Å². The van der Waals surface area contributed by atoms with E-state index in [0.29, 0.717) is 19.0 Å². The molecule has 3 atom stereocenters. The van der Waals surface area contributed by atoms with Crippen molar-refractivity contribution < 1.29 is 9.53 Å². The standard InChI is InChI=1S/C16H26N2O2S/c1-12(18-10-13(2)20-14(3)11-18)9-17-16(19)7-6-15-5-4-8-21-15/h4-5,8,12-14H,6-7,9-11H2,1-3H3,(H,17,19)/t12-,13+,14+/m0/s1. The highest BCUT2D eigenvalue weighted by Crippen LogP contribution is 2.13. The lowest BCUT2D eigenvalue weighted by molar-refractivity contribution is -0.121. The monoisotopic (exact) mass is 310 g/mol. The minimum absolute atomic E-state index is 0.143. The number of nitrogens with zero attached hydrogens (tertiary/aromatic N) is 1. The molecule has 2 heterocycles. The van der Waals surface area contributed by atoms with Crippen molar-refractivity contribution in [1.29, 1.82) is 0 Å². The molecule has 1 amide bonds. The number of amides is 1. The molecule has 5 heteroatoms. The molecule has 1 fully saturated rings. The average molecular weight is 310 g/mol. The van der Waals surface area contributed by atoms with Crippen molar-refractivity contribution in [2.45, 2.75) is 51.9 Å². The predicted octanol–water partition coefficient (Wildman–Crippen LogP) is 2.29. The average Bonchev–Trinajstić information content (AvgIpc) is 2.94. The first-order chi connectivity index (χ1) is 10.0. The number of carbonyl (C=O) groups excluding carboxylic acids is 1. The van der Waals surface area contributed by atoms with Crippen LogP contribution in [-0.4, -0.2) is 48.7 Å². The van der Waals surface area contributed by atoms with Crippen LogP contribution >= 0.6 is 11.3 Å². The van der Waals surface area contributed by atoms with Crippen LogP contribution in [0.1, 0.15) is 32.1 Å². The lowest BCUT2D eigenvalue weighted by Crippen LogP contribution is -2.52. The lowest BCUT2D eigenvalue weighted by atomic mass is 10.1. The van der Waals surface area contributed by atoms with Gasteiger partial charge in [-0.2, -0.15) is 0 Å². The van der Waals surface area contributed by atoms with Gasteiger partial charge in [-0.15, -0.1) is 11.3 Å². The summed E-state index contributed by atoms with van der Waals surface area (Å²) in [5.74, 6) is 0.143. The molecule has 0 radical (unpaired) electrons. The number of ether oxygens (including phenoxy) is 1. The van der Waals surface area contributed by atoms with Gasteiger partial charge in [0.2, 0.25) is 5.91 Å². The van der Waals surface area contributed by atoms with Gasteiger partial charge in [-0.05, 0) is 38.6 Å². The fourth-order valence-electron chi connectivity index (χ4n) is 2.75. The van der Waals surface area contributed by atoms with E-state index in [1.54, 1.807) is 11.3 Å². The van der Waals surface area contributed by atoms with Gasteiger partial charge in [-0.25, -0.2) is 0 Å². The van der Waals surface area contributed by atoms with Crippen LogP contribution in [0.5, 0.6) is 0 Å². The Morgan fingerprint density at radius 1 is 1.48 bits per heavy atom. The second-order valence-electron chi connectivity index (χ2n) is 5.94. The van der Waals surface area contributed by atoms with Crippen LogP contribution < -0.4 is 5.32 Å². The topological polar surface area (TPSA) is 41.6 Å². The summed E-state index contributed by atoms with van der Waals surface area (Å²) < 4.78 is 5.74. The number of carbonyl (C=O) groups is 1.